The van der Waals surface area contributed by atoms with Crippen LogP contribution in [0.1, 0.15) is 16.1 Å². The van der Waals surface area contributed by atoms with E-state index in [0.717, 1.165) is 26.4 Å². The van der Waals surface area contributed by atoms with Crippen LogP contribution >= 0.6 is 11.3 Å². The number of benzene rings is 3. The summed E-state index contributed by atoms with van der Waals surface area (Å²) in [6, 6.07) is 26.9. The molecule has 5 rings (SSSR count). The van der Waals surface area contributed by atoms with Gasteiger partial charge in [0.15, 0.2) is 5.54 Å². The maximum absolute atomic E-state index is 13.8. The van der Waals surface area contributed by atoms with Crippen LogP contribution < -0.4 is 5.32 Å². The number of hydrogen-bond donors (Lipinski definition) is 1. The molecule has 0 aliphatic carbocycles. The molecule has 0 bridgehead atoms. The molecule has 1 N–H and O–H groups in total. The van der Waals surface area contributed by atoms with Gasteiger partial charge in [-0.2, -0.15) is 0 Å². The molecule has 33 heavy (non-hydrogen) atoms. The fourth-order valence-corrected chi connectivity index (χ4v) is 5.35. The molecule has 3 amide bonds. The number of hydrogen-bond acceptors (Lipinski definition) is 5. The lowest BCUT2D eigenvalue weighted by Gasteiger charge is -2.28. The molecule has 1 aliphatic rings. The van der Waals surface area contributed by atoms with Crippen LogP contribution in [0.25, 0.3) is 10.2 Å². The Bertz CT molecular complexity index is 1260. The molecule has 1 fully saturated rings. The number of nitrogens with zero attached hydrogens (tertiary/aromatic N) is 3. The minimum Gasteiger partial charge on any atom is -0.319 e. The van der Waals surface area contributed by atoms with Crippen LogP contribution in [0.3, 0.4) is 0 Å². The van der Waals surface area contributed by atoms with Crippen molar-refractivity contribution in [1.29, 1.82) is 0 Å². The number of carbonyl (C=O) groups excluding carboxylic acids is 2. The summed E-state index contributed by atoms with van der Waals surface area (Å²) >= 11 is 1.63. The van der Waals surface area contributed by atoms with Crippen LogP contribution in [0, 0.1) is 0 Å². The third kappa shape index (κ3) is 4.13. The number of para-hydroxylation sites is 1. The maximum Gasteiger partial charge on any atom is 0.326 e. The Labute approximate surface area is 196 Å². The third-order valence-electron chi connectivity index (χ3n) is 5.88. The fourth-order valence-electron chi connectivity index (χ4n) is 4.31. The molecule has 7 heteroatoms. The maximum atomic E-state index is 13.8. The number of urea groups is 1. The molecule has 1 atom stereocenters. The second kappa shape index (κ2) is 8.77. The Balaban J connectivity index is 1.39. The van der Waals surface area contributed by atoms with E-state index < -0.39 is 5.54 Å². The Morgan fingerprint density at radius 3 is 2.33 bits per heavy atom. The minimum absolute atomic E-state index is 0.184. The molecule has 2 heterocycles. The molecule has 1 saturated heterocycles. The number of carbonyl (C=O) groups is 2. The van der Waals surface area contributed by atoms with Crippen molar-refractivity contribution in [2.24, 2.45) is 0 Å². The number of imide groups is 1. The molecule has 4 aromatic rings. The number of nitrogens with one attached hydrogen (secondary N) is 1. The van der Waals surface area contributed by atoms with Gasteiger partial charge in [0, 0.05) is 6.42 Å². The quantitative estimate of drug-likeness (QED) is 0.419. The van der Waals surface area contributed by atoms with Crippen molar-refractivity contribution in [2.75, 3.05) is 13.7 Å². The first kappa shape index (κ1) is 21.3. The van der Waals surface area contributed by atoms with E-state index in [4.69, 9.17) is 0 Å². The van der Waals surface area contributed by atoms with Crippen molar-refractivity contribution in [3.63, 3.8) is 0 Å². The number of rotatable bonds is 7. The topological polar surface area (TPSA) is 65.5 Å². The zero-order valence-electron chi connectivity index (χ0n) is 18.3. The van der Waals surface area contributed by atoms with Gasteiger partial charge in [0.05, 0.1) is 23.4 Å². The summed E-state index contributed by atoms with van der Waals surface area (Å²) < 4.78 is 1.13. The zero-order chi connectivity index (χ0) is 22.8. The standard InChI is InChI=1S/C26H24N4O2S/c1-29(17-23-27-21-14-8-9-15-22(21)33-23)18-30-24(31)26(28-25(30)32,20-12-6-3-7-13-20)16-19-10-4-2-5-11-19/h2-15H,16-18H2,1H3,(H,28,32)/t26-/m1/s1. The third-order valence-corrected chi connectivity index (χ3v) is 6.90. The summed E-state index contributed by atoms with van der Waals surface area (Å²) in [5.41, 5.74) is 1.60. The Kier molecular flexibility index (Phi) is 5.66. The highest BCUT2D eigenvalue weighted by Gasteiger charge is 2.52. The number of amides is 3. The summed E-state index contributed by atoms with van der Waals surface area (Å²) in [5, 5.41) is 3.97. The number of aromatic nitrogens is 1. The van der Waals surface area contributed by atoms with Crippen LogP contribution in [0.4, 0.5) is 4.79 Å². The average molecular weight is 457 g/mol. The van der Waals surface area contributed by atoms with E-state index in [1.807, 2.05) is 96.9 Å². The van der Waals surface area contributed by atoms with E-state index >= 15 is 0 Å². The molecular formula is C26H24N4O2S. The van der Waals surface area contributed by atoms with Crippen molar-refractivity contribution in [2.45, 2.75) is 18.5 Å². The minimum atomic E-state index is -1.13. The van der Waals surface area contributed by atoms with Gasteiger partial charge in [0.1, 0.15) is 5.01 Å². The zero-order valence-corrected chi connectivity index (χ0v) is 19.1. The SMILES string of the molecule is CN(Cc1nc2ccccc2s1)CN1C(=O)N[C@](Cc2ccccc2)(c2ccccc2)C1=O. The highest BCUT2D eigenvalue weighted by Crippen LogP contribution is 2.33. The second-order valence-electron chi connectivity index (χ2n) is 8.33. The van der Waals surface area contributed by atoms with Crippen LogP contribution in [0.5, 0.6) is 0 Å². The predicted molar refractivity (Wildman–Crippen MR) is 130 cm³/mol. The fraction of sp³-hybridized carbons (Fsp3) is 0.192. The monoisotopic (exact) mass is 456 g/mol. The molecule has 3 aromatic carbocycles. The normalized spacial score (nSPS) is 18.3. The molecule has 0 saturated carbocycles. The summed E-state index contributed by atoms with van der Waals surface area (Å²) in [4.78, 5) is 34.7. The highest BCUT2D eigenvalue weighted by atomic mass is 32.1. The van der Waals surface area contributed by atoms with Gasteiger partial charge in [-0.15, -0.1) is 11.3 Å². The van der Waals surface area contributed by atoms with Crippen LogP contribution in [0.15, 0.2) is 84.9 Å². The molecule has 0 unspecified atom stereocenters. The molecule has 6 nitrogen and oxygen atoms in total. The van der Waals surface area contributed by atoms with Crippen LogP contribution in [0.2, 0.25) is 0 Å². The lowest BCUT2D eigenvalue weighted by molar-refractivity contribution is -0.133. The molecule has 166 valence electrons. The van der Waals surface area contributed by atoms with Gasteiger partial charge < -0.3 is 5.32 Å². The van der Waals surface area contributed by atoms with E-state index in [1.54, 1.807) is 11.3 Å². The van der Waals surface area contributed by atoms with Crippen molar-refractivity contribution in [1.82, 2.24) is 20.1 Å². The second-order valence-corrected chi connectivity index (χ2v) is 9.44. The predicted octanol–water partition coefficient (Wildman–Crippen LogP) is 4.38. The van der Waals surface area contributed by atoms with E-state index in [9.17, 15) is 9.59 Å². The molecular weight excluding hydrogens is 432 g/mol. The smallest absolute Gasteiger partial charge is 0.319 e. The Morgan fingerprint density at radius 1 is 0.939 bits per heavy atom. The molecule has 0 spiro atoms. The van der Waals surface area contributed by atoms with Gasteiger partial charge in [0.25, 0.3) is 5.91 Å². The first-order valence-electron chi connectivity index (χ1n) is 10.8. The van der Waals surface area contributed by atoms with Gasteiger partial charge in [-0.05, 0) is 30.3 Å². The van der Waals surface area contributed by atoms with Crippen molar-refractivity contribution < 1.29 is 9.59 Å². The van der Waals surface area contributed by atoms with E-state index in [0.29, 0.717) is 13.0 Å². The molecule has 1 aromatic heterocycles. The van der Waals surface area contributed by atoms with Gasteiger partial charge in [0.2, 0.25) is 0 Å². The number of fused-ring (bicyclic) bond motifs is 1. The van der Waals surface area contributed by atoms with Crippen LogP contribution in [-0.2, 0) is 23.3 Å². The van der Waals surface area contributed by atoms with Crippen molar-refractivity contribution in [3.05, 3.63) is 101 Å². The van der Waals surface area contributed by atoms with Gasteiger partial charge >= 0.3 is 6.03 Å². The van der Waals surface area contributed by atoms with Gasteiger partial charge in [-0.1, -0.05) is 72.8 Å². The highest BCUT2D eigenvalue weighted by molar-refractivity contribution is 7.18. The Hall–Kier alpha value is -3.55. The molecule has 1 aliphatic heterocycles. The van der Waals surface area contributed by atoms with E-state index in [-0.39, 0.29) is 18.6 Å². The first-order valence-corrected chi connectivity index (χ1v) is 11.6. The average Bonchev–Trinajstić information content (AvgIpc) is 3.34. The van der Waals surface area contributed by atoms with Crippen LogP contribution in [-0.4, -0.2) is 40.4 Å². The van der Waals surface area contributed by atoms with E-state index in [1.165, 1.54) is 4.90 Å². The summed E-state index contributed by atoms with van der Waals surface area (Å²) in [6.07, 6.45) is 0.389. The molecule has 0 radical (unpaired) electrons. The summed E-state index contributed by atoms with van der Waals surface area (Å²) in [6.45, 7) is 0.734. The lowest BCUT2D eigenvalue weighted by atomic mass is 9.83. The van der Waals surface area contributed by atoms with Crippen molar-refractivity contribution >= 4 is 33.5 Å². The first-order chi connectivity index (χ1) is 16.0. The van der Waals surface area contributed by atoms with Gasteiger partial charge in [-0.25, -0.2) is 14.7 Å². The van der Waals surface area contributed by atoms with Gasteiger partial charge in [-0.3, -0.25) is 9.69 Å². The largest absolute Gasteiger partial charge is 0.326 e. The van der Waals surface area contributed by atoms with E-state index in [2.05, 4.69) is 10.3 Å². The number of thiazole rings is 1. The van der Waals surface area contributed by atoms with Crippen molar-refractivity contribution in [3.8, 4) is 0 Å². The lowest BCUT2D eigenvalue weighted by Crippen LogP contribution is -2.46. The summed E-state index contributed by atoms with van der Waals surface area (Å²) in [7, 11) is 1.90. The Morgan fingerprint density at radius 2 is 1.61 bits per heavy atom. The summed E-state index contributed by atoms with van der Waals surface area (Å²) in [5.74, 6) is -0.237.